The lowest BCUT2D eigenvalue weighted by Crippen LogP contribution is -1.96. The second-order valence-electron chi connectivity index (χ2n) is 5.34. The van der Waals surface area contributed by atoms with E-state index in [4.69, 9.17) is 16.3 Å². The van der Waals surface area contributed by atoms with Crippen LogP contribution in [0.25, 0.3) is 0 Å². The van der Waals surface area contributed by atoms with Crippen molar-refractivity contribution in [2.75, 3.05) is 5.43 Å². The molecule has 0 fully saturated rings. The van der Waals surface area contributed by atoms with E-state index in [2.05, 4.69) is 10.5 Å². The molecule has 3 aromatic rings. The van der Waals surface area contributed by atoms with Gasteiger partial charge in [0.2, 0.25) is 0 Å². The van der Waals surface area contributed by atoms with Gasteiger partial charge in [0.1, 0.15) is 18.2 Å². The molecule has 3 aromatic carbocycles. The third kappa shape index (κ3) is 5.06. The Balaban J connectivity index is 1.54. The van der Waals surface area contributed by atoms with Crippen molar-refractivity contribution >= 4 is 23.5 Å². The molecule has 0 bridgehead atoms. The lowest BCUT2D eigenvalue weighted by molar-refractivity contribution is 0.305. The third-order valence-corrected chi connectivity index (χ3v) is 3.76. The molecule has 1 N–H and O–H groups in total. The summed E-state index contributed by atoms with van der Waals surface area (Å²) in [6, 6.07) is 21.8. The van der Waals surface area contributed by atoms with Crippen LogP contribution >= 0.6 is 11.6 Å². The standard InChI is InChI=1S/C20H16ClFN2O/c21-19-11-8-16(12-20(19)22)14-25-18-9-6-15(7-10-18)13-23-24-17-4-2-1-3-5-17/h1-13,24H,14H2. The van der Waals surface area contributed by atoms with Crippen LogP contribution in [0.2, 0.25) is 5.02 Å². The molecule has 0 saturated carbocycles. The largest absolute Gasteiger partial charge is 0.489 e. The Labute approximate surface area is 150 Å². The summed E-state index contributed by atoms with van der Waals surface area (Å²) < 4.78 is 19.0. The van der Waals surface area contributed by atoms with Crippen LogP contribution in [0, 0.1) is 5.82 Å². The minimum Gasteiger partial charge on any atom is -0.489 e. The molecule has 3 rings (SSSR count). The summed E-state index contributed by atoms with van der Waals surface area (Å²) in [7, 11) is 0. The quantitative estimate of drug-likeness (QED) is 0.468. The number of para-hydroxylation sites is 1. The Kier molecular flexibility index (Phi) is 5.65. The first-order valence-electron chi connectivity index (χ1n) is 7.71. The first-order chi connectivity index (χ1) is 12.2. The van der Waals surface area contributed by atoms with Gasteiger partial charge in [-0.15, -0.1) is 0 Å². The van der Waals surface area contributed by atoms with Gasteiger partial charge < -0.3 is 4.74 Å². The van der Waals surface area contributed by atoms with E-state index in [0.29, 0.717) is 5.75 Å². The third-order valence-electron chi connectivity index (χ3n) is 3.45. The van der Waals surface area contributed by atoms with Crippen LogP contribution in [0.1, 0.15) is 11.1 Å². The van der Waals surface area contributed by atoms with Gasteiger partial charge in [-0.05, 0) is 59.7 Å². The van der Waals surface area contributed by atoms with Gasteiger partial charge in [-0.1, -0.05) is 35.9 Å². The molecular weight excluding hydrogens is 339 g/mol. The number of hydrogen-bond acceptors (Lipinski definition) is 3. The summed E-state index contributed by atoms with van der Waals surface area (Å²) in [4.78, 5) is 0. The van der Waals surface area contributed by atoms with E-state index in [-0.39, 0.29) is 11.6 Å². The van der Waals surface area contributed by atoms with Gasteiger partial charge in [0.25, 0.3) is 0 Å². The smallest absolute Gasteiger partial charge is 0.142 e. The van der Waals surface area contributed by atoms with Crippen LogP contribution in [-0.4, -0.2) is 6.21 Å². The van der Waals surface area contributed by atoms with Gasteiger partial charge in [-0.25, -0.2) is 4.39 Å². The van der Waals surface area contributed by atoms with Gasteiger partial charge in [-0.2, -0.15) is 5.10 Å². The summed E-state index contributed by atoms with van der Waals surface area (Å²) in [6.45, 7) is 0.275. The van der Waals surface area contributed by atoms with E-state index in [9.17, 15) is 4.39 Å². The molecule has 0 saturated heterocycles. The Hall–Kier alpha value is -2.85. The van der Waals surface area contributed by atoms with Crippen molar-refractivity contribution < 1.29 is 9.13 Å². The zero-order chi connectivity index (χ0) is 17.5. The Bertz CT molecular complexity index is 851. The minimum atomic E-state index is -0.444. The predicted octanol–water partition coefficient (Wildman–Crippen LogP) is 5.50. The van der Waals surface area contributed by atoms with Gasteiger partial charge in [0.05, 0.1) is 16.9 Å². The van der Waals surface area contributed by atoms with Crippen molar-refractivity contribution in [3.63, 3.8) is 0 Å². The molecule has 0 aliphatic heterocycles. The van der Waals surface area contributed by atoms with Crippen LogP contribution in [0.5, 0.6) is 5.75 Å². The molecule has 0 heterocycles. The number of rotatable bonds is 6. The lowest BCUT2D eigenvalue weighted by Gasteiger charge is -2.07. The van der Waals surface area contributed by atoms with E-state index in [0.717, 1.165) is 16.8 Å². The molecule has 0 unspecified atom stereocenters. The van der Waals surface area contributed by atoms with E-state index in [1.807, 2.05) is 54.6 Å². The molecule has 0 aromatic heterocycles. The normalized spacial score (nSPS) is 10.8. The molecular formula is C20H16ClFN2O. The average molecular weight is 355 g/mol. The number of anilines is 1. The second-order valence-corrected chi connectivity index (χ2v) is 5.75. The van der Waals surface area contributed by atoms with Crippen molar-refractivity contribution in [1.82, 2.24) is 0 Å². The number of benzene rings is 3. The molecule has 0 aliphatic rings. The van der Waals surface area contributed by atoms with Crippen molar-refractivity contribution in [2.24, 2.45) is 5.10 Å². The van der Waals surface area contributed by atoms with Crippen LogP contribution in [-0.2, 0) is 6.61 Å². The second kappa shape index (κ2) is 8.31. The average Bonchev–Trinajstić information content (AvgIpc) is 2.65. The lowest BCUT2D eigenvalue weighted by atomic mass is 10.2. The fourth-order valence-corrected chi connectivity index (χ4v) is 2.26. The molecule has 25 heavy (non-hydrogen) atoms. The Morgan fingerprint density at radius 2 is 1.76 bits per heavy atom. The topological polar surface area (TPSA) is 33.6 Å². The fraction of sp³-hybridized carbons (Fsp3) is 0.0500. The molecule has 0 amide bonds. The zero-order valence-electron chi connectivity index (χ0n) is 13.3. The Morgan fingerprint density at radius 1 is 1.00 bits per heavy atom. The number of halogens is 2. The minimum absolute atomic E-state index is 0.108. The molecule has 0 spiro atoms. The summed E-state index contributed by atoms with van der Waals surface area (Å²) in [5, 5.41) is 4.29. The van der Waals surface area contributed by atoms with Crippen LogP contribution in [0.4, 0.5) is 10.1 Å². The van der Waals surface area contributed by atoms with Crippen LogP contribution < -0.4 is 10.2 Å². The highest BCUT2D eigenvalue weighted by Crippen LogP contribution is 2.18. The first kappa shape index (κ1) is 17.0. The van der Waals surface area contributed by atoms with Crippen molar-refractivity contribution in [3.05, 3.63) is 94.8 Å². The SMILES string of the molecule is Fc1cc(COc2ccc(C=NNc3ccccc3)cc2)ccc1Cl. The molecule has 126 valence electrons. The van der Waals surface area contributed by atoms with Crippen LogP contribution in [0.3, 0.4) is 0 Å². The number of ether oxygens (including phenoxy) is 1. The summed E-state index contributed by atoms with van der Waals surface area (Å²) >= 11 is 5.66. The predicted molar refractivity (Wildman–Crippen MR) is 99.8 cm³/mol. The van der Waals surface area contributed by atoms with Crippen LogP contribution in [0.15, 0.2) is 77.9 Å². The first-order valence-corrected chi connectivity index (χ1v) is 8.09. The van der Waals surface area contributed by atoms with Crippen molar-refractivity contribution in [1.29, 1.82) is 0 Å². The summed E-state index contributed by atoms with van der Waals surface area (Å²) in [6.07, 6.45) is 1.73. The summed E-state index contributed by atoms with van der Waals surface area (Å²) in [5.41, 5.74) is 5.54. The van der Waals surface area contributed by atoms with Gasteiger partial charge >= 0.3 is 0 Å². The zero-order valence-corrected chi connectivity index (χ0v) is 14.1. The number of nitrogens with one attached hydrogen (secondary N) is 1. The van der Waals surface area contributed by atoms with Gasteiger partial charge in [0.15, 0.2) is 0 Å². The maximum Gasteiger partial charge on any atom is 0.142 e. The van der Waals surface area contributed by atoms with E-state index < -0.39 is 5.82 Å². The van der Waals surface area contributed by atoms with Crippen molar-refractivity contribution in [3.8, 4) is 5.75 Å². The fourth-order valence-electron chi connectivity index (χ4n) is 2.14. The van der Waals surface area contributed by atoms with E-state index >= 15 is 0 Å². The van der Waals surface area contributed by atoms with Gasteiger partial charge in [0, 0.05) is 0 Å². The van der Waals surface area contributed by atoms with Gasteiger partial charge in [-0.3, -0.25) is 5.43 Å². The number of hydrogen-bond donors (Lipinski definition) is 1. The maximum atomic E-state index is 13.4. The molecule has 5 heteroatoms. The molecule has 0 atom stereocenters. The Morgan fingerprint density at radius 3 is 2.48 bits per heavy atom. The molecule has 0 radical (unpaired) electrons. The van der Waals surface area contributed by atoms with Crippen molar-refractivity contribution in [2.45, 2.75) is 6.61 Å². The molecule has 3 nitrogen and oxygen atoms in total. The van der Waals surface area contributed by atoms with E-state index in [1.54, 1.807) is 12.3 Å². The summed E-state index contributed by atoms with van der Waals surface area (Å²) in [5.74, 6) is 0.253. The number of nitrogens with zero attached hydrogens (tertiary/aromatic N) is 1. The van der Waals surface area contributed by atoms with E-state index in [1.165, 1.54) is 12.1 Å². The monoisotopic (exact) mass is 354 g/mol. The number of hydrazone groups is 1. The highest BCUT2D eigenvalue weighted by Gasteiger charge is 2.02. The highest BCUT2D eigenvalue weighted by molar-refractivity contribution is 6.30. The highest BCUT2D eigenvalue weighted by atomic mass is 35.5. The maximum absolute atomic E-state index is 13.4. The molecule has 0 aliphatic carbocycles.